The van der Waals surface area contributed by atoms with Gasteiger partial charge in [-0.15, -0.1) is 0 Å². The number of hydrogen-bond acceptors (Lipinski definition) is 4. The Hall–Kier alpha value is -1.38. The lowest BCUT2D eigenvalue weighted by atomic mass is 10.3. The molecule has 1 heterocycles. The number of nitrogens with zero attached hydrogens (tertiary/aromatic N) is 1. The van der Waals surface area contributed by atoms with Crippen molar-refractivity contribution in [2.24, 2.45) is 0 Å². The summed E-state index contributed by atoms with van der Waals surface area (Å²) in [6, 6.07) is 6.87. The summed E-state index contributed by atoms with van der Waals surface area (Å²) in [5.41, 5.74) is 0.896. The fraction of sp³-hybridized carbons (Fsp3) is 0.182. The number of aliphatic hydroxyl groups is 1. The van der Waals surface area contributed by atoms with Gasteiger partial charge in [0.2, 0.25) is 0 Å². The van der Waals surface area contributed by atoms with Crippen LogP contribution in [0.1, 0.15) is 11.4 Å². The van der Waals surface area contributed by atoms with E-state index in [1.54, 1.807) is 31.2 Å². The number of H-pyrrole nitrogens is 1. The van der Waals surface area contributed by atoms with E-state index < -0.39 is 16.6 Å². The second kappa shape index (κ2) is 5.32. The van der Waals surface area contributed by atoms with Gasteiger partial charge in [-0.3, -0.25) is 9.82 Å². The molecular formula is C11H12BrN3O3S. The van der Waals surface area contributed by atoms with Crippen LogP contribution >= 0.6 is 15.9 Å². The minimum absolute atomic E-state index is 0.0225. The predicted molar refractivity (Wildman–Crippen MR) is 74.2 cm³/mol. The first-order chi connectivity index (χ1) is 8.95. The number of rotatable bonds is 4. The molecule has 2 rings (SSSR count). The smallest absolute Gasteiger partial charge is 0.265 e. The maximum atomic E-state index is 12.3. The van der Waals surface area contributed by atoms with Gasteiger partial charge < -0.3 is 5.11 Å². The molecule has 3 N–H and O–H groups in total. The van der Waals surface area contributed by atoms with Gasteiger partial charge in [0.15, 0.2) is 0 Å². The highest BCUT2D eigenvalue weighted by molar-refractivity contribution is 9.10. The number of sulfonamides is 1. The summed E-state index contributed by atoms with van der Waals surface area (Å²) in [6.07, 6.45) is 0. The van der Waals surface area contributed by atoms with E-state index in [9.17, 15) is 8.42 Å². The molecule has 0 saturated heterocycles. The summed E-state index contributed by atoms with van der Waals surface area (Å²) >= 11 is 3.27. The SMILES string of the molecule is Cc1[nH]nc(CO)c1S(=O)(=O)Nc1ccccc1Br. The van der Waals surface area contributed by atoms with Crippen LogP contribution in [0, 0.1) is 6.92 Å². The number of halogens is 1. The Bertz CT molecular complexity index is 697. The van der Waals surface area contributed by atoms with E-state index in [1.807, 2.05) is 0 Å². The van der Waals surface area contributed by atoms with Crippen LogP contribution in [0.5, 0.6) is 0 Å². The van der Waals surface area contributed by atoms with E-state index in [1.165, 1.54) is 0 Å². The summed E-state index contributed by atoms with van der Waals surface area (Å²) < 4.78 is 27.7. The molecule has 0 aliphatic carbocycles. The van der Waals surface area contributed by atoms with Gasteiger partial charge in [0.1, 0.15) is 10.6 Å². The number of aliphatic hydroxyl groups excluding tert-OH is 1. The molecule has 0 amide bonds. The first-order valence-corrected chi connectivity index (χ1v) is 7.65. The Labute approximate surface area is 119 Å². The van der Waals surface area contributed by atoms with Crippen molar-refractivity contribution in [1.29, 1.82) is 0 Å². The Kier molecular flexibility index (Phi) is 3.93. The normalized spacial score (nSPS) is 11.5. The number of hydrogen-bond donors (Lipinski definition) is 3. The fourth-order valence-corrected chi connectivity index (χ4v) is 3.63. The van der Waals surface area contributed by atoms with Crippen molar-refractivity contribution in [2.45, 2.75) is 18.4 Å². The molecule has 0 bridgehead atoms. The quantitative estimate of drug-likeness (QED) is 0.786. The summed E-state index contributed by atoms with van der Waals surface area (Å²) in [5.74, 6) is 0. The number of para-hydroxylation sites is 1. The van der Waals surface area contributed by atoms with Crippen LogP contribution in [0.2, 0.25) is 0 Å². The molecule has 1 aromatic carbocycles. The maximum absolute atomic E-state index is 12.3. The molecule has 0 aliphatic rings. The number of anilines is 1. The van der Waals surface area contributed by atoms with E-state index >= 15 is 0 Å². The average Bonchev–Trinajstić information content (AvgIpc) is 2.74. The minimum atomic E-state index is -3.80. The molecule has 0 atom stereocenters. The highest BCUT2D eigenvalue weighted by Crippen LogP contribution is 2.26. The largest absolute Gasteiger partial charge is 0.390 e. The van der Waals surface area contributed by atoms with Crippen LogP contribution in [-0.2, 0) is 16.6 Å². The zero-order chi connectivity index (χ0) is 14.0. The van der Waals surface area contributed by atoms with Gasteiger partial charge in [-0.2, -0.15) is 5.10 Å². The topological polar surface area (TPSA) is 95.1 Å². The van der Waals surface area contributed by atoms with Crippen molar-refractivity contribution in [3.8, 4) is 0 Å². The number of aryl methyl sites for hydroxylation is 1. The molecule has 102 valence electrons. The van der Waals surface area contributed by atoms with Crippen molar-refractivity contribution in [1.82, 2.24) is 10.2 Å². The molecule has 19 heavy (non-hydrogen) atoms. The van der Waals surface area contributed by atoms with E-state index in [-0.39, 0.29) is 10.6 Å². The van der Waals surface area contributed by atoms with Gasteiger partial charge in [-0.25, -0.2) is 8.42 Å². The Morgan fingerprint density at radius 3 is 2.74 bits per heavy atom. The first kappa shape index (κ1) is 14.0. The lowest BCUT2D eigenvalue weighted by Gasteiger charge is -2.09. The maximum Gasteiger partial charge on any atom is 0.265 e. The first-order valence-electron chi connectivity index (χ1n) is 5.37. The fourth-order valence-electron chi connectivity index (χ4n) is 1.67. The van der Waals surface area contributed by atoms with Crippen LogP contribution in [-0.4, -0.2) is 23.7 Å². The van der Waals surface area contributed by atoms with Crippen molar-refractivity contribution < 1.29 is 13.5 Å². The lowest BCUT2D eigenvalue weighted by molar-refractivity contribution is 0.273. The molecule has 2 aromatic rings. The molecule has 0 saturated carbocycles. The Morgan fingerprint density at radius 1 is 1.42 bits per heavy atom. The van der Waals surface area contributed by atoms with Crippen LogP contribution in [0.25, 0.3) is 0 Å². The number of nitrogens with one attached hydrogen (secondary N) is 2. The summed E-state index contributed by atoms with van der Waals surface area (Å²) in [6.45, 7) is 1.14. The third-order valence-corrected chi connectivity index (χ3v) is 4.76. The van der Waals surface area contributed by atoms with Crippen LogP contribution in [0.4, 0.5) is 5.69 Å². The molecule has 1 aromatic heterocycles. The zero-order valence-electron chi connectivity index (χ0n) is 10.0. The van der Waals surface area contributed by atoms with Crippen molar-refractivity contribution >= 4 is 31.6 Å². The molecular weight excluding hydrogens is 334 g/mol. The summed E-state index contributed by atoms with van der Waals surface area (Å²) in [5, 5.41) is 15.4. The molecule has 6 nitrogen and oxygen atoms in total. The zero-order valence-corrected chi connectivity index (χ0v) is 12.4. The van der Waals surface area contributed by atoms with Crippen LogP contribution in [0.3, 0.4) is 0 Å². The molecule has 0 unspecified atom stereocenters. The standard InChI is InChI=1S/C11H12BrN3O3S/c1-7-11(10(6-16)14-13-7)19(17,18)15-9-5-3-2-4-8(9)12/h2-5,15-16H,6H2,1H3,(H,13,14). The summed E-state index contributed by atoms with van der Waals surface area (Å²) in [4.78, 5) is -0.0225. The number of aromatic nitrogens is 2. The van der Waals surface area contributed by atoms with Gasteiger partial charge in [0, 0.05) is 4.47 Å². The second-order valence-corrected chi connectivity index (χ2v) is 6.34. The Morgan fingerprint density at radius 2 is 2.11 bits per heavy atom. The van der Waals surface area contributed by atoms with E-state index in [4.69, 9.17) is 5.11 Å². The molecule has 0 fully saturated rings. The highest BCUT2D eigenvalue weighted by Gasteiger charge is 2.24. The number of aromatic amines is 1. The van der Waals surface area contributed by atoms with Crippen molar-refractivity contribution in [2.75, 3.05) is 4.72 Å². The highest BCUT2D eigenvalue weighted by atomic mass is 79.9. The van der Waals surface area contributed by atoms with Crippen LogP contribution in [0.15, 0.2) is 33.6 Å². The molecule has 8 heteroatoms. The van der Waals surface area contributed by atoms with Crippen LogP contribution < -0.4 is 4.72 Å². The Balaban J connectivity index is 2.44. The van der Waals surface area contributed by atoms with Crippen molar-refractivity contribution in [3.05, 3.63) is 40.1 Å². The van der Waals surface area contributed by atoms with Gasteiger partial charge in [0.25, 0.3) is 10.0 Å². The van der Waals surface area contributed by atoms with Gasteiger partial charge in [-0.05, 0) is 35.0 Å². The van der Waals surface area contributed by atoms with Gasteiger partial charge >= 0.3 is 0 Å². The second-order valence-electron chi connectivity index (χ2n) is 3.87. The third kappa shape index (κ3) is 2.80. The lowest BCUT2D eigenvalue weighted by Crippen LogP contribution is -2.15. The van der Waals surface area contributed by atoms with E-state index in [2.05, 4.69) is 30.8 Å². The van der Waals surface area contributed by atoms with Crippen molar-refractivity contribution in [3.63, 3.8) is 0 Å². The summed E-state index contributed by atoms with van der Waals surface area (Å²) in [7, 11) is -3.80. The third-order valence-electron chi connectivity index (χ3n) is 2.50. The van der Waals surface area contributed by atoms with E-state index in [0.717, 1.165) is 0 Å². The molecule has 0 radical (unpaired) electrons. The number of benzene rings is 1. The van der Waals surface area contributed by atoms with Gasteiger partial charge in [-0.1, -0.05) is 12.1 Å². The molecule has 0 spiro atoms. The monoisotopic (exact) mass is 345 g/mol. The molecule has 0 aliphatic heterocycles. The van der Waals surface area contributed by atoms with Gasteiger partial charge in [0.05, 0.1) is 18.0 Å². The average molecular weight is 346 g/mol. The predicted octanol–water partition coefficient (Wildman–Crippen LogP) is 1.77. The van der Waals surface area contributed by atoms with E-state index in [0.29, 0.717) is 15.9 Å². The minimum Gasteiger partial charge on any atom is -0.390 e.